The van der Waals surface area contributed by atoms with Crippen LogP contribution in [0.1, 0.15) is 5.56 Å². The maximum Gasteiger partial charge on any atom is 0.240 e. The quantitative estimate of drug-likeness (QED) is 0.754. The SMILES string of the molecule is N#Cc1cc(F)c(-c2cccc3c(S(N)(=O)=O)c[nH]c23)cc1F. The van der Waals surface area contributed by atoms with Gasteiger partial charge in [-0.15, -0.1) is 0 Å². The van der Waals surface area contributed by atoms with Crippen molar-refractivity contribution in [2.45, 2.75) is 4.90 Å². The Labute approximate surface area is 130 Å². The highest BCUT2D eigenvalue weighted by molar-refractivity contribution is 7.89. The summed E-state index contributed by atoms with van der Waals surface area (Å²) in [4.78, 5) is 2.59. The number of nitrogens with two attached hydrogens (primary N) is 1. The fraction of sp³-hybridized carbons (Fsp3) is 0. The lowest BCUT2D eigenvalue weighted by molar-refractivity contribution is 0.598. The van der Waals surface area contributed by atoms with Gasteiger partial charge in [-0.05, 0) is 12.1 Å². The van der Waals surface area contributed by atoms with Gasteiger partial charge in [0.15, 0.2) is 0 Å². The number of hydrogen-bond acceptors (Lipinski definition) is 3. The Kier molecular flexibility index (Phi) is 3.39. The van der Waals surface area contributed by atoms with Crippen LogP contribution in [0.4, 0.5) is 8.78 Å². The molecule has 0 bridgehead atoms. The zero-order valence-electron chi connectivity index (χ0n) is 11.5. The number of nitrogens with zero attached hydrogens (tertiary/aromatic N) is 1. The van der Waals surface area contributed by atoms with Crippen LogP contribution in [0, 0.1) is 23.0 Å². The van der Waals surface area contributed by atoms with Gasteiger partial charge in [0.25, 0.3) is 0 Å². The number of sulfonamides is 1. The van der Waals surface area contributed by atoms with Crippen molar-refractivity contribution in [1.82, 2.24) is 4.98 Å². The van der Waals surface area contributed by atoms with Gasteiger partial charge in [-0.2, -0.15) is 5.26 Å². The van der Waals surface area contributed by atoms with Gasteiger partial charge >= 0.3 is 0 Å². The fourth-order valence-electron chi connectivity index (χ4n) is 2.43. The lowest BCUT2D eigenvalue weighted by Crippen LogP contribution is -2.11. The summed E-state index contributed by atoms with van der Waals surface area (Å²) in [7, 11) is -3.96. The molecule has 3 aromatic rings. The molecular weight excluding hydrogens is 324 g/mol. The fourth-order valence-corrected chi connectivity index (χ4v) is 3.13. The molecule has 0 saturated carbocycles. The number of aromatic amines is 1. The Bertz CT molecular complexity index is 1080. The van der Waals surface area contributed by atoms with E-state index in [1.807, 2.05) is 0 Å². The van der Waals surface area contributed by atoms with E-state index in [9.17, 15) is 17.2 Å². The van der Waals surface area contributed by atoms with E-state index in [2.05, 4.69) is 4.98 Å². The first kappa shape index (κ1) is 15.1. The highest BCUT2D eigenvalue weighted by Crippen LogP contribution is 2.33. The van der Waals surface area contributed by atoms with Crippen molar-refractivity contribution < 1.29 is 17.2 Å². The molecule has 8 heteroatoms. The van der Waals surface area contributed by atoms with E-state index in [4.69, 9.17) is 10.4 Å². The van der Waals surface area contributed by atoms with E-state index in [1.54, 1.807) is 6.07 Å². The van der Waals surface area contributed by atoms with Crippen LogP contribution >= 0.6 is 0 Å². The zero-order valence-corrected chi connectivity index (χ0v) is 12.3. The Balaban J connectivity index is 2.33. The van der Waals surface area contributed by atoms with Gasteiger partial charge < -0.3 is 4.98 Å². The molecule has 0 atom stereocenters. The molecule has 0 fully saturated rings. The third kappa shape index (κ3) is 2.46. The molecule has 0 aliphatic rings. The molecule has 3 N–H and O–H groups in total. The number of para-hydroxylation sites is 1. The second kappa shape index (κ2) is 5.15. The molecule has 1 heterocycles. The molecule has 116 valence electrons. The minimum absolute atomic E-state index is 0.0880. The van der Waals surface area contributed by atoms with Gasteiger partial charge in [0.1, 0.15) is 22.6 Å². The topological polar surface area (TPSA) is 99.7 Å². The van der Waals surface area contributed by atoms with Crippen LogP contribution in [0.5, 0.6) is 0 Å². The summed E-state index contributed by atoms with van der Waals surface area (Å²) < 4.78 is 51.1. The number of rotatable bonds is 2. The second-order valence-electron chi connectivity index (χ2n) is 4.85. The van der Waals surface area contributed by atoms with Crippen molar-refractivity contribution in [2.75, 3.05) is 0 Å². The van der Waals surface area contributed by atoms with Crippen LogP contribution in [0.2, 0.25) is 0 Å². The van der Waals surface area contributed by atoms with Crippen LogP contribution in [-0.4, -0.2) is 13.4 Å². The summed E-state index contributed by atoms with van der Waals surface area (Å²) in [6.07, 6.45) is 1.20. The number of primary sulfonamides is 1. The Morgan fingerprint density at radius 1 is 1.13 bits per heavy atom. The molecule has 0 saturated heterocycles. The Morgan fingerprint density at radius 2 is 1.87 bits per heavy atom. The molecule has 0 spiro atoms. The minimum Gasteiger partial charge on any atom is -0.359 e. The van der Waals surface area contributed by atoms with Gasteiger partial charge in [-0.25, -0.2) is 22.3 Å². The van der Waals surface area contributed by atoms with E-state index in [0.717, 1.165) is 12.1 Å². The third-order valence-corrected chi connectivity index (χ3v) is 4.40. The molecular formula is C15H9F2N3O2S. The first-order valence-corrected chi connectivity index (χ1v) is 7.90. The summed E-state index contributed by atoms with van der Waals surface area (Å²) in [6, 6.07) is 7.78. The number of nitrogens with one attached hydrogen (secondary N) is 1. The Morgan fingerprint density at radius 3 is 2.52 bits per heavy atom. The summed E-state index contributed by atoms with van der Waals surface area (Å²) in [5.41, 5.74) is 0.0721. The normalized spacial score (nSPS) is 11.6. The monoisotopic (exact) mass is 333 g/mol. The van der Waals surface area contributed by atoms with E-state index in [-0.39, 0.29) is 21.4 Å². The second-order valence-corrected chi connectivity index (χ2v) is 6.38. The first-order chi connectivity index (χ1) is 10.8. The molecule has 23 heavy (non-hydrogen) atoms. The highest BCUT2D eigenvalue weighted by Gasteiger charge is 2.19. The average molecular weight is 333 g/mol. The number of fused-ring (bicyclic) bond motifs is 1. The predicted molar refractivity (Wildman–Crippen MR) is 79.7 cm³/mol. The molecule has 2 aromatic carbocycles. The average Bonchev–Trinajstić information content (AvgIpc) is 2.93. The largest absolute Gasteiger partial charge is 0.359 e. The van der Waals surface area contributed by atoms with E-state index < -0.39 is 27.2 Å². The number of aromatic nitrogens is 1. The summed E-state index contributed by atoms with van der Waals surface area (Å²) in [5, 5.41) is 14.1. The van der Waals surface area contributed by atoms with Crippen LogP contribution < -0.4 is 5.14 Å². The lowest BCUT2D eigenvalue weighted by Gasteiger charge is -2.07. The summed E-state index contributed by atoms with van der Waals surface area (Å²) in [5.74, 6) is -1.65. The van der Waals surface area contributed by atoms with Gasteiger partial charge in [-0.1, -0.05) is 18.2 Å². The van der Waals surface area contributed by atoms with Crippen LogP contribution in [0.25, 0.3) is 22.0 Å². The minimum atomic E-state index is -3.96. The molecule has 5 nitrogen and oxygen atoms in total. The maximum atomic E-state index is 14.2. The smallest absolute Gasteiger partial charge is 0.240 e. The molecule has 0 aliphatic carbocycles. The third-order valence-electron chi connectivity index (χ3n) is 3.45. The first-order valence-electron chi connectivity index (χ1n) is 6.35. The van der Waals surface area contributed by atoms with Crippen molar-refractivity contribution in [3.05, 3.63) is 53.7 Å². The van der Waals surface area contributed by atoms with E-state index >= 15 is 0 Å². The number of nitriles is 1. The highest BCUT2D eigenvalue weighted by atomic mass is 32.2. The van der Waals surface area contributed by atoms with Crippen LogP contribution in [-0.2, 0) is 10.0 Å². The molecule has 0 radical (unpaired) electrons. The number of hydrogen-bond donors (Lipinski definition) is 2. The van der Waals surface area contributed by atoms with Crippen molar-refractivity contribution >= 4 is 20.9 Å². The maximum absolute atomic E-state index is 14.2. The predicted octanol–water partition coefficient (Wildman–Crippen LogP) is 2.63. The molecule has 0 unspecified atom stereocenters. The van der Waals surface area contributed by atoms with Gasteiger partial charge in [0, 0.05) is 22.7 Å². The summed E-state index contributed by atoms with van der Waals surface area (Å²) in [6.45, 7) is 0. The van der Waals surface area contributed by atoms with Gasteiger partial charge in [-0.3, -0.25) is 0 Å². The van der Waals surface area contributed by atoms with Crippen LogP contribution in [0.3, 0.4) is 0 Å². The van der Waals surface area contributed by atoms with E-state index in [1.165, 1.54) is 24.4 Å². The standard InChI is InChI=1S/C15H9F2N3O2S/c16-12-5-11(13(17)4-8(12)6-18)9-2-1-3-10-14(23(19,21)22)7-20-15(9)10/h1-5,7,20H,(H2,19,21,22). The van der Waals surface area contributed by atoms with Crippen LogP contribution in [0.15, 0.2) is 41.4 Å². The lowest BCUT2D eigenvalue weighted by atomic mass is 10.0. The molecule has 0 aliphatic heterocycles. The van der Waals surface area contributed by atoms with Crippen molar-refractivity contribution in [3.63, 3.8) is 0 Å². The Hall–Kier alpha value is -2.76. The molecule has 1 aromatic heterocycles. The van der Waals surface area contributed by atoms with Crippen molar-refractivity contribution in [1.29, 1.82) is 5.26 Å². The molecule has 0 amide bonds. The number of halogens is 2. The van der Waals surface area contributed by atoms with Crippen molar-refractivity contribution in [2.24, 2.45) is 5.14 Å². The zero-order chi connectivity index (χ0) is 16.8. The molecule has 3 rings (SSSR count). The summed E-state index contributed by atoms with van der Waals surface area (Å²) >= 11 is 0. The van der Waals surface area contributed by atoms with E-state index in [0.29, 0.717) is 5.52 Å². The van der Waals surface area contributed by atoms with Gasteiger partial charge in [0.2, 0.25) is 10.0 Å². The van der Waals surface area contributed by atoms with Crippen molar-refractivity contribution in [3.8, 4) is 17.2 Å². The number of benzene rings is 2. The van der Waals surface area contributed by atoms with Gasteiger partial charge in [0.05, 0.1) is 11.1 Å². The number of H-pyrrole nitrogens is 1.